The molecule has 134 valence electrons. The minimum absolute atomic E-state index is 0.0381. The molecule has 1 aliphatic rings. The first-order valence-electron chi connectivity index (χ1n) is 8.57. The second-order valence-corrected chi connectivity index (χ2v) is 8.60. The number of rotatable bonds is 4. The number of benzene rings is 1. The highest BCUT2D eigenvalue weighted by atomic mass is 32.1. The lowest BCUT2D eigenvalue weighted by Gasteiger charge is -2.31. The molecule has 1 amide bonds. The summed E-state index contributed by atoms with van der Waals surface area (Å²) in [6.45, 7) is 1.26. The predicted molar refractivity (Wildman–Crippen MR) is 104 cm³/mol. The number of carbonyl (C=O) groups is 2. The fourth-order valence-electron chi connectivity index (χ4n) is 3.29. The highest BCUT2D eigenvalue weighted by molar-refractivity contribution is 7.26. The third kappa shape index (κ3) is 3.50. The Hall–Kier alpha value is -2.25. The van der Waals surface area contributed by atoms with Crippen LogP contribution in [0.3, 0.4) is 0 Å². The van der Waals surface area contributed by atoms with E-state index in [-0.39, 0.29) is 18.2 Å². The first kappa shape index (κ1) is 17.2. The van der Waals surface area contributed by atoms with Crippen molar-refractivity contribution in [2.45, 2.75) is 19.3 Å². The maximum atomic E-state index is 12.7. The van der Waals surface area contributed by atoms with Crippen LogP contribution in [-0.2, 0) is 4.79 Å². The summed E-state index contributed by atoms with van der Waals surface area (Å²) in [4.78, 5) is 31.8. The van der Waals surface area contributed by atoms with Crippen molar-refractivity contribution in [2.75, 3.05) is 13.1 Å². The summed E-state index contributed by atoms with van der Waals surface area (Å²) in [6, 6.07) is 11.9. The second-order valence-electron chi connectivity index (χ2n) is 6.48. The van der Waals surface area contributed by atoms with Gasteiger partial charge in [-0.2, -0.15) is 0 Å². The predicted octanol–water partition coefficient (Wildman–Crippen LogP) is 4.35. The lowest BCUT2D eigenvalue weighted by atomic mass is 9.93. The Morgan fingerprint density at radius 3 is 2.62 bits per heavy atom. The van der Waals surface area contributed by atoms with Gasteiger partial charge >= 0.3 is 5.97 Å². The van der Waals surface area contributed by atoms with Gasteiger partial charge in [0.25, 0.3) is 5.91 Å². The highest BCUT2D eigenvalue weighted by Gasteiger charge is 2.26. The van der Waals surface area contributed by atoms with Crippen molar-refractivity contribution in [2.24, 2.45) is 5.92 Å². The van der Waals surface area contributed by atoms with E-state index in [4.69, 9.17) is 5.11 Å². The summed E-state index contributed by atoms with van der Waals surface area (Å²) in [5.41, 5.74) is 0.981. The van der Waals surface area contributed by atoms with Crippen LogP contribution in [0.4, 0.5) is 0 Å². The van der Waals surface area contributed by atoms with Gasteiger partial charge in [0.15, 0.2) is 0 Å². The summed E-state index contributed by atoms with van der Waals surface area (Å²) in [5, 5.41) is 9.84. The minimum Gasteiger partial charge on any atom is -0.481 e. The number of nitrogens with zero attached hydrogens (tertiary/aromatic N) is 2. The van der Waals surface area contributed by atoms with Crippen LogP contribution < -0.4 is 0 Å². The van der Waals surface area contributed by atoms with Gasteiger partial charge in [-0.05, 0) is 43.0 Å². The average molecular weight is 386 g/mol. The first-order valence-corrected chi connectivity index (χ1v) is 10.2. The van der Waals surface area contributed by atoms with Crippen LogP contribution in [0, 0.1) is 5.92 Å². The number of thiazole rings is 1. The van der Waals surface area contributed by atoms with Gasteiger partial charge in [0, 0.05) is 19.5 Å². The number of para-hydroxylation sites is 1. The Kier molecular flexibility index (Phi) is 4.74. The van der Waals surface area contributed by atoms with Crippen LogP contribution >= 0.6 is 22.7 Å². The Morgan fingerprint density at radius 2 is 1.88 bits per heavy atom. The van der Waals surface area contributed by atoms with Gasteiger partial charge in [-0.3, -0.25) is 9.59 Å². The lowest BCUT2D eigenvalue weighted by molar-refractivity contribution is -0.138. The first-order chi connectivity index (χ1) is 12.6. The van der Waals surface area contributed by atoms with Crippen LogP contribution in [0.2, 0.25) is 0 Å². The molecule has 0 saturated carbocycles. The van der Waals surface area contributed by atoms with Gasteiger partial charge in [-0.25, -0.2) is 4.98 Å². The van der Waals surface area contributed by atoms with E-state index >= 15 is 0 Å². The second kappa shape index (κ2) is 7.17. The van der Waals surface area contributed by atoms with Crippen LogP contribution in [0.15, 0.2) is 36.4 Å². The van der Waals surface area contributed by atoms with Gasteiger partial charge < -0.3 is 10.0 Å². The molecule has 26 heavy (non-hydrogen) atoms. The molecule has 0 radical (unpaired) electrons. The number of carbonyl (C=O) groups excluding carboxylic acids is 1. The number of carboxylic acid groups (broad SMARTS) is 1. The maximum absolute atomic E-state index is 12.7. The zero-order valence-corrected chi connectivity index (χ0v) is 15.7. The van der Waals surface area contributed by atoms with E-state index in [0.717, 1.165) is 37.8 Å². The van der Waals surface area contributed by atoms with E-state index in [9.17, 15) is 9.59 Å². The van der Waals surface area contributed by atoms with E-state index in [0.29, 0.717) is 13.1 Å². The number of aromatic nitrogens is 1. The van der Waals surface area contributed by atoms with Crippen molar-refractivity contribution in [1.82, 2.24) is 9.88 Å². The van der Waals surface area contributed by atoms with Crippen molar-refractivity contribution >= 4 is 44.8 Å². The fourth-order valence-corrected chi connectivity index (χ4v) is 5.28. The van der Waals surface area contributed by atoms with Crippen molar-refractivity contribution in [3.8, 4) is 9.88 Å². The van der Waals surface area contributed by atoms with Gasteiger partial charge in [-0.1, -0.05) is 12.1 Å². The van der Waals surface area contributed by atoms with Crippen molar-refractivity contribution in [3.63, 3.8) is 0 Å². The summed E-state index contributed by atoms with van der Waals surface area (Å²) >= 11 is 3.11. The molecule has 0 unspecified atom stereocenters. The summed E-state index contributed by atoms with van der Waals surface area (Å²) in [7, 11) is 0. The molecule has 1 saturated heterocycles. The Bertz CT molecular complexity index is 922. The van der Waals surface area contributed by atoms with E-state index in [1.807, 2.05) is 35.2 Å². The number of aliphatic carboxylic acids is 1. The van der Waals surface area contributed by atoms with Crippen molar-refractivity contribution < 1.29 is 14.7 Å². The zero-order valence-electron chi connectivity index (χ0n) is 14.1. The molecule has 0 atom stereocenters. The summed E-state index contributed by atoms with van der Waals surface area (Å²) < 4.78 is 1.14. The molecule has 0 bridgehead atoms. The van der Waals surface area contributed by atoms with Crippen LogP contribution in [-0.4, -0.2) is 40.0 Å². The van der Waals surface area contributed by atoms with E-state index < -0.39 is 5.97 Å². The number of hydrogen-bond acceptors (Lipinski definition) is 5. The van der Waals surface area contributed by atoms with E-state index in [1.165, 1.54) is 11.3 Å². The fraction of sp³-hybridized carbons (Fsp3) is 0.316. The molecule has 1 N–H and O–H groups in total. The average Bonchev–Trinajstić information content (AvgIpc) is 3.28. The van der Waals surface area contributed by atoms with Crippen molar-refractivity contribution in [1.29, 1.82) is 0 Å². The molecular weight excluding hydrogens is 368 g/mol. The Balaban J connectivity index is 1.46. The molecule has 4 rings (SSSR count). The number of carboxylic acids is 1. The van der Waals surface area contributed by atoms with E-state index in [1.54, 1.807) is 11.3 Å². The van der Waals surface area contributed by atoms with Gasteiger partial charge in [0.05, 0.1) is 20.0 Å². The molecule has 7 heteroatoms. The van der Waals surface area contributed by atoms with Crippen LogP contribution in [0.1, 0.15) is 28.9 Å². The molecule has 3 heterocycles. The number of likely N-dealkylation sites (tertiary alicyclic amines) is 1. The number of amides is 1. The molecule has 5 nitrogen and oxygen atoms in total. The molecule has 1 fully saturated rings. The summed E-state index contributed by atoms with van der Waals surface area (Å²) in [5.74, 6) is -0.539. The maximum Gasteiger partial charge on any atom is 0.303 e. The van der Waals surface area contributed by atoms with E-state index in [2.05, 4.69) is 11.1 Å². The van der Waals surface area contributed by atoms with Gasteiger partial charge in [0.1, 0.15) is 5.01 Å². The Morgan fingerprint density at radius 1 is 1.12 bits per heavy atom. The Labute approximate surface area is 158 Å². The molecule has 1 aromatic carbocycles. The molecule has 0 aliphatic carbocycles. The van der Waals surface area contributed by atoms with Crippen molar-refractivity contribution in [3.05, 3.63) is 41.3 Å². The smallest absolute Gasteiger partial charge is 0.303 e. The number of hydrogen-bond donors (Lipinski definition) is 1. The van der Waals surface area contributed by atoms with Gasteiger partial charge in [0.2, 0.25) is 0 Å². The third-order valence-electron chi connectivity index (χ3n) is 4.69. The zero-order chi connectivity index (χ0) is 18.1. The standard InChI is InChI=1S/C19H18N2O3S2/c22-17(23)11-12-7-9-21(10-8-12)19(24)16-6-5-15(25-16)18-20-13-3-1-2-4-14(13)26-18/h1-6,12H,7-11H2,(H,22,23). The SMILES string of the molecule is O=C(O)CC1CCN(C(=O)c2ccc(-c3nc4ccccc4s3)s2)CC1. The molecule has 1 aliphatic heterocycles. The van der Waals surface area contributed by atoms with Gasteiger partial charge in [-0.15, -0.1) is 22.7 Å². The van der Waals surface area contributed by atoms with Crippen LogP contribution in [0.5, 0.6) is 0 Å². The van der Waals surface area contributed by atoms with Crippen LogP contribution in [0.25, 0.3) is 20.1 Å². The molecule has 0 spiro atoms. The monoisotopic (exact) mass is 386 g/mol. The third-order valence-corrected chi connectivity index (χ3v) is 6.97. The number of piperidine rings is 1. The minimum atomic E-state index is -0.756. The topological polar surface area (TPSA) is 70.5 Å². The lowest BCUT2D eigenvalue weighted by Crippen LogP contribution is -2.38. The highest BCUT2D eigenvalue weighted by Crippen LogP contribution is 2.35. The summed E-state index contributed by atoms with van der Waals surface area (Å²) in [6.07, 6.45) is 1.71. The normalized spacial score (nSPS) is 15.5. The quantitative estimate of drug-likeness (QED) is 0.724. The number of fused-ring (bicyclic) bond motifs is 1. The largest absolute Gasteiger partial charge is 0.481 e. The molecule has 2 aromatic heterocycles. The molecule has 3 aromatic rings. The molecular formula is C19H18N2O3S2. The number of thiophene rings is 1.